The third-order valence-corrected chi connectivity index (χ3v) is 5.89. The summed E-state index contributed by atoms with van der Waals surface area (Å²) in [6.07, 6.45) is 13.4. The molecule has 0 aliphatic carbocycles. The van der Waals surface area contributed by atoms with E-state index in [0.29, 0.717) is 17.8 Å². The first kappa shape index (κ1) is 20.8. The molecule has 6 rings (SSSR count). The van der Waals surface area contributed by atoms with Crippen LogP contribution in [0, 0.1) is 0 Å². The molecule has 3 N–H and O–H groups in total. The second-order valence-electron chi connectivity index (χ2n) is 8.30. The molecule has 1 amide bonds. The smallest absolute Gasteiger partial charge is 0.224 e. The summed E-state index contributed by atoms with van der Waals surface area (Å²) >= 11 is 0. The summed E-state index contributed by atoms with van der Waals surface area (Å²) in [4.78, 5) is 28.7. The van der Waals surface area contributed by atoms with Crippen LogP contribution in [0.3, 0.4) is 0 Å². The van der Waals surface area contributed by atoms with Gasteiger partial charge in [-0.25, -0.2) is 4.98 Å². The number of hydrogen-bond acceptors (Lipinski definition) is 6. The highest BCUT2D eigenvalue weighted by Gasteiger charge is 2.15. The number of amides is 1. The van der Waals surface area contributed by atoms with Crippen LogP contribution >= 0.6 is 0 Å². The van der Waals surface area contributed by atoms with E-state index in [0.717, 1.165) is 56.4 Å². The van der Waals surface area contributed by atoms with Crippen molar-refractivity contribution >= 4 is 33.5 Å². The molecule has 172 valence electrons. The maximum Gasteiger partial charge on any atom is 0.224 e. The Balaban J connectivity index is 1.40. The van der Waals surface area contributed by atoms with Gasteiger partial charge in [0, 0.05) is 58.0 Å². The first-order chi connectivity index (χ1) is 17.2. The van der Waals surface area contributed by atoms with E-state index in [1.165, 1.54) is 0 Å². The summed E-state index contributed by atoms with van der Waals surface area (Å²) in [5, 5.41) is 12.3. The van der Waals surface area contributed by atoms with Gasteiger partial charge in [0.1, 0.15) is 0 Å². The molecule has 0 saturated carbocycles. The average molecular weight is 464 g/mol. The van der Waals surface area contributed by atoms with Gasteiger partial charge in [-0.05, 0) is 30.7 Å². The Morgan fingerprint density at radius 2 is 1.89 bits per heavy atom. The number of rotatable bonds is 6. The monoisotopic (exact) mass is 463 g/mol. The minimum Gasteiger partial charge on any atom is -0.472 e. The minimum absolute atomic E-state index is 0.0276. The molecule has 0 bridgehead atoms. The lowest BCUT2D eigenvalue weighted by Gasteiger charge is -2.07. The highest BCUT2D eigenvalue weighted by atomic mass is 16.3. The molecule has 0 aromatic carbocycles. The molecule has 6 heterocycles. The zero-order valence-corrected chi connectivity index (χ0v) is 18.9. The number of pyridine rings is 3. The van der Waals surface area contributed by atoms with Gasteiger partial charge in [0.2, 0.25) is 5.91 Å². The number of carbonyl (C=O) groups is 1. The van der Waals surface area contributed by atoms with Crippen LogP contribution in [0.4, 0.5) is 5.69 Å². The van der Waals surface area contributed by atoms with Crippen LogP contribution in [-0.2, 0) is 4.79 Å². The molecular formula is C26H21N7O2. The molecule has 6 aromatic heterocycles. The Morgan fingerprint density at radius 1 is 1.00 bits per heavy atom. The SMILES string of the molecule is CCCC(=O)Nc1cncc(-c2cnc3n[nH]c(-c4cc5c(-c6ccoc6)cncc5[nH]4)c3c2)c1. The van der Waals surface area contributed by atoms with Crippen LogP contribution in [0.5, 0.6) is 0 Å². The van der Waals surface area contributed by atoms with Gasteiger partial charge in [0.15, 0.2) is 5.65 Å². The van der Waals surface area contributed by atoms with Gasteiger partial charge in [0.05, 0.1) is 47.5 Å². The van der Waals surface area contributed by atoms with Gasteiger partial charge in [0.25, 0.3) is 0 Å². The lowest BCUT2D eigenvalue weighted by molar-refractivity contribution is -0.116. The zero-order chi connectivity index (χ0) is 23.8. The van der Waals surface area contributed by atoms with Gasteiger partial charge in [-0.15, -0.1) is 0 Å². The Labute approximate surface area is 199 Å². The third kappa shape index (κ3) is 3.82. The van der Waals surface area contributed by atoms with E-state index in [2.05, 4.69) is 41.5 Å². The molecule has 6 aromatic rings. The number of nitrogens with zero attached hydrogens (tertiary/aromatic N) is 4. The van der Waals surface area contributed by atoms with E-state index in [-0.39, 0.29) is 5.91 Å². The van der Waals surface area contributed by atoms with Crippen molar-refractivity contribution in [1.29, 1.82) is 0 Å². The number of anilines is 1. The van der Waals surface area contributed by atoms with Crippen molar-refractivity contribution in [2.24, 2.45) is 0 Å². The summed E-state index contributed by atoms with van der Waals surface area (Å²) < 4.78 is 5.26. The molecule has 0 radical (unpaired) electrons. The topological polar surface area (TPSA) is 125 Å². The first-order valence-electron chi connectivity index (χ1n) is 11.3. The number of H-pyrrole nitrogens is 2. The fraction of sp³-hybridized carbons (Fsp3) is 0.115. The van der Waals surface area contributed by atoms with Crippen molar-refractivity contribution in [3.05, 3.63) is 67.8 Å². The van der Waals surface area contributed by atoms with Crippen molar-refractivity contribution in [2.75, 3.05) is 5.32 Å². The quantitative estimate of drug-likeness (QED) is 0.297. The third-order valence-electron chi connectivity index (χ3n) is 5.89. The van der Waals surface area contributed by atoms with Crippen molar-refractivity contribution in [2.45, 2.75) is 19.8 Å². The second kappa shape index (κ2) is 8.53. The van der Waals surface area contributed by atoms with E-state index in [4.69, 9.17) is 4.42 Å². The number of aromatic nitrogens is 6. The molecular weight excluding hydrogens is 442 g/mol. The fourth-order valence-electron chi connectivity index (χ4n) is 4.21. The molecule has 9 heteroatoms. The predicted molar refractivity (Wildman–Crippen MR) is 133 cm³/mol. The molecule has 0 saturated heterocycles. The molecule has 0 aliphatic rings. The van der Waals surface area contributed by atoms with E-state index in [9.17, 15) is 4.79 Å². The Bertz CT molecular complexity index is 1660. The maximum absolute atomic E-state index is 12.0. The maximum atomic E-state index is 12.0. The van der Waals surface area contributed by atoms with Crippen molar-refractivity contribution < 1.29 is 9.21 Å². The van der Waals surface area contributed by atoms with Gasteiger partial charge in [-0.3, -0.25) is 19.9 Å². The van der Waals surface area contributed by atoms with E-state index in [1.807, 2.05) is 31.3 Å². The fourth-order valence-corrected chi connectivity index (χ4v) is 4.21. The van der Waals surface area contributed by atoms with Gasteiger partial charge >= 0.3 is 0 Å². The number of hydrogen-bond donors (Lipinski definition) is 3. The number of carbonyl (C=O) groups excluding carboxylic acids is 1. The number of fused-ring (bicyclic) bond motifs is 2. The van der Waals surface area contributed by atoms with E-state index >= 15 is 0 Å². The number of furan rings is 1. The summed E-state index contributed by atoms with van der Waals surface area (Å²) in [7, 11) is 0. The summed E-state index contributed by atoms with van der Waals surface area (Å²) in [6.45, 7) is 1.97. The Kier molecular flexibility index (Phi) is 5.07. The lowest BCUT2D eigenvalue weighted by atomic mass is 10.1. The van der Waals surface area contributed by atoms with Crippen molar-refractivity contribution in [3.8, 4) is 33.6 Å². The van der Waals surface area contributed by atoms with E-state index in [1.54, 1.807) is 37.3 Å². The number of nitrogens with one attached hydrogen (secondary N) is 3. The predicted octanol–water partition coefficient (Wildman–Crippen LogP) is 5.56. The normalized spacial score (nSPS) is 11.3. The van der Waals surface area contributed by atoms with Crippen molar-refractivity contribution in [1.82, 2.24) is 30.1 Å². The van der Waals surface area contributed by atoms with E-state index < -0.39 is 0 Å². The number of aromatic amines is 2. The van der Waals surface area contributed by atoms with Crippen molar-refractivity contribution in [3.63, 3.8) is 0 Å². The largest absolute Gasteiger partial charge is 0.472 e. The molecule has 0 fully saturated rings. The summed E-state index contributed by atoms with van der Waals surface area (Å²) in [5.74, 6) is -0.0276. The summed E-state index contributed by atoms with van der Waals surface area (Å²) in [6, 6.07) is 7.91. The Morgan fingerprint density at radius 3 is 2.74 bits per heavy atom. The standard InChI is InChI=1S/C26H21N7O2/c1-2-3-24(34)30-18-6-16(9-27-11-18)17-7-20-25(32-33-26(20)29-10-17)22-8-19-21(15-4-5-35-14-15)12-28-13-23(19)31-22/h4-14,31H,2-3H2,1H3,(H,30,34)(H,29,32,33). The van der Waals surface area contributed by atoms with Gasteiger partial charge in [-0.1, -0.05) is 6.92 Å². The van der Waals surface area contributed by atoms with Crippen LogP contribution in [0.1, 0.15) is 19.8 Å². The molecule has 0 spiro atoms. The minimum atomic E-state index is -0.0276. The molecule has 0 aliphatic heterocycles. The molecule has 0 atom stereocenters. The first-order valence-corrected chi connectivity index (χ1v) is 11.3. The van der Waals surface area contributed by atoms with Gasteiger partial charge in [-0.2, -0.15) is 5.10 Å². The molecule has 0 unspecified atom stereocenters. The summed E-state index contributed by atoms with van der Waals surface area (Å²) in [5.41, 5.74) is 7.53. The van der Waals surface area contributed by atoms with Crippen LogP contribution in [-0.4, -0.2) is 36.0 Å². The second-order valence-corrected chi connectivity index (χ2v) is 8.30. The molecule has 9 nitrogen and oxygen atoms in total. The van der Waals surface area contributed by atoms with Crippen LogP contribution in [0.25, 0.3) is 55.6 Å². The average Bonchev–Trinajstić information content (AvgIpc) is 3.63. The lowest BCUT2D eigenvalue weighted by Crippen LogP contribution is -2.10. The zero-order valence-electron chi connectivity index (χ0n) is 18.9. The Hall–Kier alpha value is -4.79. The highest BCUT2D eigenvalue weighted by Crippen LogP contribution is 2.34. The van der Waals surface area contributed by atoms with Crippen LogP contribution in [0.2, 0.25) is 0 Å². The van der Waals surface area contributed by atoms with Gasteiger partial charge < -0.3 is 14.7 Å². The highest BCUT2D eigenvalue weighted by molar-refractivity contribution is 6.00. The van der Waals surface area contributed by atoms with Crippen LogP contribution < -0.4 is 5.32 Å². The van der Waals surface area contributed by atoms with Crippen LogP contribution in [0.15, 0.2) is 72.2 Å². The molecule has 35 heavy (non-hydrogen) atoms.